The van der Waals surface area contributed by atoms with Crippen LogP contribution in [0.2, 0.25) is 0 Å². The zero-order chi connectivity index (χ0) is 14.6. The lowest BCUT2D eigenvalue weighted by atomic mass is 9.72. The van der Waals surface area contributed by atoms with E-state index in [0.717, 1.165) is 24.5 Å². The Morgan fingerprint density at radius 2 is 1.70 bits per heavy atom. The summed E-state index contributed by atoms with van der Waals surface area (Å²) in [5, 5.41) is 3.56. The summed E-state index contributed by atoms with van der Waals surface area (Å²) in [5.41, 5.74) is 9.39. The molecular formula is C16H23N3O. The summed E-state index contributed by atoms with van der Waals surface area (Å²) in [6.45, 7) is 6.98. The number of ether oxygens (including phenoxy) is 1. The maximum Gasteiger partial charge on any atom is 0.119 e. The second-order valence-corrected chi connectivity index (χ2v) is 6.64. The van der Waals surface area contributed by atoms with Gasteiger partial charge in [0.25, 0.3) is 0 Å². The summed E-state index contributed by atoms with van der Waals surface area (Å²) in [5.74, 6) is 1.66. The summed E-state index contributed by atoms with van der Waals surface area (Å²) in [6, 6.07) is 7.32. The summed E-state index contributed by atoms with van der Waals surface area (Å²) >= 11 is 0. The Labute approximate surface area is 120 Å². The van der Waals surface area contributed by atoms with Crippen molar-refractivity contribution in [1.82, 2.24) is 0 Å². The van der Waals surface area contributed by atoms with Gasteiger partial charge in [-0.2, -0.15) is 0 Å². The maximum atomic E-state index is 8.37. The van der Waals surface area contributed by atoms with Crippen LogP contribution in [-0.2, 0) is 0 Å². The maximum absolute atomic E-state index is 8.37. The molecular weight excluding hydrogens is 250 g/mol. The van der Waals surface area contributed by atoms with Crippen molar-refractivity contribution >= 4 is 5.69 Å². The van der Waals surface area contributed by atoms with Crippen molar-refractivity contribution in [2.75, 3.05) is 0 Å². The van der Waals surface area contributed by atoms with Crippen molar-refractivity contribution in [2.45, 2.75) is 52.6 Å². The highest BCUT2D eigenvalue weighted by Gasteiger charge is 2.30. The average molecular weight is 273 g/mol. The van der Waals surface area contributed by atoms with Crippen molar-refractivity contribution in [3.8, 4) is 5.75 Å². The fourth-order valence-corrected chi connectivity index (χ4v) is 2.88. The summed E-state index contributed by atoms with van der Waals surface area (Å²) in [7, 11) is 0. The molecule has 0 saturated heterocycles. The quantitative estimate of drug-likeness (QED) is 0.401. The van der Waals surface area contributed by atoms with E-state index in [1.54, 1.807) is 12.1 Å². The number of azide groups is 1. The van der Waals surface area contributed by atoms with Gasteiger partial charge in [0.1, 0.15) is 5.75 Å². The standard InChI is InChI=1S/C16H23N3O/c1-16(2,3)12-4-8-14(9-5-12)20-15-10-6-13(7-11-15)18-19-17/h6-7,10-12,14H,4-5,8-9H2,1-3H3/t12-,14-. The van der Waals surface area contributed by atoms with Gasteiger partial charge in [-0.1, -0.05) is 25.9 Å². The second-order valence-electron chi connectivity index (χ2n) is 6.64. The monoisotopic (exact) mass is 273 g/mol. The van der Waals surface area contributed by atoms with Crippen molar-refractivity contribution in [3.63, 3.8) is 0 Å². The minimum Gasteiger partial charge on any atom is -0.490 e. The lowest BCUT2D eigenvalue weighted by molar-refractivity contribution is 0.0882. The molecule has 4 heteroatoms. The fourth-order valence-electron chi connectivity index (χ4n) is 2.88. The largest absolute Gasteiger partial charge is 0.490 e. The van der Waals surface area contributed by atoms with Gasteiger partial charge in [-0.3, -0.25) is 0 Å². The molecule has 0 spiro atoms. The minimum atomic E-state index is 0.318. The molecule has 0 bridgehead atoms. The predicted octanol–water partition coefficient (Wildman–Crippen LogP) is 5.61. The van der Waals surface area contributed by atoms with Crippen molar-refractivity contribution in [1.29, 1.82) is 0 Å². The topological polar surface area (TPSA) is 58.0 Å². The van der Waals surface area contributed by atoms with Crippen LogP contribution in [0.25, 0.3) is 10.4 Å². The Balaban J connectivity index is 1.88. The summed E-state index contributed by atoms with van der Waals surface area (Å²) in [6.07, 6.45) is 5.05. The molecule has 0 N–H and O–H groups in total. The van der Waals surface area contributed by atoms with Gasteiger partial charge in [0.15, 0.2) is 0 Å². The molecule has 0 aromatic heterocycles. The van der Waals surface area contributed by atoms with E-state index >= 15 is 0 Å². The average Bonchev–Trinajstić information content (AvgIpc) is 2.41. The molecule has 1 aliphatic carbocycles. The highest BCUT2D eigenvalue weighted by molar-refractivity contribution is 5.41. The van der Waals surface area contributed by atoms with E-state index in [0.29, 0.717) is 17.2 Å². The molecule has 4 nitrogen and oxygen atoms in total. The van der Waals surface area contributed by atoms with Crippen LogP contribution in [0.1, 0.15) is 46.5 Å². The molecule has 108 valence electrons. The third kappa shape index (κ3) is 3.91. The first-order chi connectivity index (χ1) is 9.49. The van der Waals surface area contributed by atoms with Gasteiger partial charge in [0.05, 0.1) is 6.10 Å². The van der Waals surface area contributed by atoms with Crippen molar-refractivity contribution in [2.24, 2.45) is 16.4 Å². The Bertz CT molecular complexity index is 475. The van der Waals surface area contributed by atoms with Gasteiger partial charge < -0.3 is 4.74 Å². The highest BCUT2D eigenvalue weighted by atomic mass is 16.5. The van der Waals surface area contributed by atoms with Crippen LogP contribution in [0.3, 0.4) is 0 Å². The SMILES string of the molecule is CC(C)(C)[C@H]1CC[C@H](Oc2ccc(N=[N+]=[N-])cc2)CC1. The first-order valence-electron chi connectivity index (χ1n) is 7.31. The van der Waals surface area contributed by atoms with E-state index in [1.165, 1.54) is 12.8 Å². The predicted molar refractivity (Wildman–Crippen MR) is 81.1 cm³/mol. The van der Waals surface area contributed by atoms with E-state index in [2.05, 4.69) is 30.8 Å². The molecule has 0 radical (unpaired) electrons. The van der Waals surface area contributed by atoms with Gasteiger partial charge in [0.2, 0.25) is 0 Å². The Hall–Kier alpha value is -1.67. The molecule has 1 aromatic carbocycles. The molecule has 0 amide bonds. The second kappa shape index (κ2) is 6.19. The van der Waals surface area contributed by atoms with Crippen LogP contribution in [0.5, 0.6) is 5.75 Å². The number of rotatable bonds is 3. The van der Waals surface area contributed by atoms with Crippen LogP contribution in [0.4, 0.5) is 5.69 Å². The lowest BCUT2D eigenvalue weighted by Crippen LogP contribution is -2.30. The van der Waals surface area contributed by atoms with Crippen LogP contribution in [-0.4, -0.2) is 6.10 Å². The Morgan fingerprint density at radius 3 is 2.20 bits per heavy atom. The van der Waals surface area contributed by atoms with Gasteiger partial charge >= 0.3 is 0 Å². The fraction of sp³-hybridized carbons (Fsp3) is 0.625. The van der Waals surface area contributed by atoms with Gasteiger partial charge in [-0.05, 0) is 66.8 Å². The van der Waals surface area contributed by atoms with Gasteiger partial charge in [-0.25, -0.2) is 0 Å². The van der Waals surface area contributed by atoms with Crippen LogP contribution in [0, 0.1) is 11.3 Å². The third-order valence-corrected chi connectivity index (χ3v) is 4.20. The van der Waals surface area contributed by atoms with Gasteiger partial charge in [0, 0.05) is 10.6 Å². The molecule has 0 heterocycles. The van der Waals surface area contributed by atoms with Crippen LogP contribution < -0.4 is 4.74 Å². The minimum absolute atomic E-state index is 0.318. The lowest BCUT2D eigenvalue weighted by Gasteiger charge is -2.36. The van der Waals surface area contributed by atoms with E-state index in [9.17, 15) is 0 Å². The summed E-state index contributed by atoms with van der Waals surface area (Å²) in [4.78, 5) is 2.77. The first-order valence-corrected chi connectivity index (χ1v) is 7.31. The van der Waals surface area contributed by atoms with Crippen molar-refractivity contribution < 1.29 is 4.74 Å². The molecule has 0 aliphatic heterocycles. The third-order valence-electron chi connectivity index (χ3n) is 4.20. The molecule has 1 aromatic rings. The van der Waals surface area contributed by atoms with Crippen LogP contribution in [0.15, 0.2) is 29.4 Å². The molecule has 0 atom stereocenters. The Kier molecular flexibility index (Phi) is 4.56. The van der Waals surface area contributed by atoms with Gasteiger partial charge in [-0.15, -0.1) is 0 Å². The van der Waals surface area contributed by atoms with E-state index in [4.69, 9.17) is 10.3 Å². The smallest absolute Gasteiger partial charge is 0.119 e. The van der Waals surface area contributed by atoms with Crippen LogP contribution >= 0.6 is 0 Å². The number of hydrogen-bond acceptors (Lipinski definition) is 2. The Morgan fingerprint density at radius 1 is 1.10 bits per heavy atom. The normalized spacial score (nSPS) is 22.9. The zero-order valence-corrected chi connectivity index (χ0v) is 12.5. The van der Waals surface area contributed by atoms with E-state index in [-0.39, 0.29) is 0 Å². The molecule has 20 heavy (non-hydrogen) atoms. The molecule has 2 rings (SSSR count). The van der Waals surface area contributed by atoms with E-state index in [1.807, 2.05) is 12.1 Å². The zero-order valence-electron chi connectivity index (χ0n) is 12.5. The molecule has 1 aliphatic rings. The molecule has 1 saturated carbocycles. The van der Waals surface area contributed by atoms with Crippen molar-refractivity contribution in [3.05, 3.63) is 34.7 Å². The highest BCUT2D eigenvalue weighted by Crippen LogP contribution is 2.38. The number of hydrogen-bond donors (Lipinski definition) is 0. The number of benzene rings is 1. The molecule has 0 unspecified atom stereocenters. The first kappa shape index (κ1) is 14.7. The number of nitrogens with zero attached hydrogens (tertiary/aromatic N) is 3. The van der Waals surface area contributed by atoms with E-state index < -0.39 is 0 Å². The summed E-state index contributed by atoms with van der Waals surface area (Å²) < 4.78 is 6.01. The molecule has 1 fully saturated rings.